The molecule has 0 spiro atoms. The van der Waals surface area contributed by atoms with E-state index in [1.165, 1.54) is 17.2 Å². The third-order valence-electron chi connectivity index (χ3n) is 11.5. The summed E-state index contributed by atoms with van der Waals surface area (Å²) in [4.78, 5) is 62.6. The lowest BCUT2D eigenvalue weighted by Gasteiger charge is -2.30. The quantitative estimate of drug-likeness (QED) is 0.218. The molecule has 2 aliphatic heterocycles. The zero-order valence-corrected chi connectivity index (χ0v) is 33.7. The van der Waals surface area contributed by atoms with E-state index in [0.717, 1.165) is 18.4 Å². The summed E-state index contributed by atoms with van der Waals surface area (Å²) in [5, 5.41) is 12.9. The number of amides is 4. The van der Waals surface area contributed by atoms with Crippen molar-refractivity contribution < 1.29 is 41.8 Å². The van der Waals surface area contributed by atoms with Crippen LogP contribution in [0.2, 0.25) is 0 Å². The molecular weight excluding hydrogens is 755 g/mol. The molecule has 17 heteroatoms. The van der Waals surface area contributed by atoms with Crippen molar-refractivity contribution in [1.29, 1.82) is 0 Å². The Labute approximate surface area is 331 Å². The number of allylic oxidation sites excluding steroid dienone is 1. The number of rotatable bonds is 10. The number of carbonyl (C=O) groups excluding carboxylic acids is 4. The standard InChI is InChI=1S/C40H51N7O9S/c1-23(2)55-33-20-32(27-13-14-31(54-5)24(3)34(27)43-33)56-26-19-30-36(49)44-40(38(51)46-57(52,53)39(4)16-17-39)21-25(40)11-9-7-6-8-10-12-29(37(50)47(30)22-26)42-35(48)28-15-18-41-45-28/h9,11,13-15,18,20,23,25-26,29-30H,6-8,10,12,16-17,19,21-22H2,1-5H3,(H,41,45)(H,42,48)(H,44,49)(H,46,51)/b11-9-/t25?,26-,29+,30+,40-/m1/s1. The van der Waals surface area contributed by atoms with Crippen molar-refractivity contribution >= 4 is 44.6 Å². The molecule has 0 bridgehead atoms. The minimum atomic E-state index is -4.00. The van der Waals surface area contributed by atoms with E-state index in [0.29, 0.717) is 60.4 Å². The zero-order valence-electron chi connectivity index (χ0n) is 32.9. The summed E-state index contributed by atoms with van der Waals surface area (Å²) in [5.74, 6) is -1.51. The number of aromatic nitrogens is 3. The van der Waals surface area contributed by atoms with Gasteiger partial charge in [-0.25, -0.2) is 13.4 Å². The Morgan fingerprint density at radius 1 is 1.09 bits per heavy atom. The summed E-state index contributed by atoms with van der Waals surface area (Å²) in [6.45, 7) is 7.21. The van der Waals surface area contributed by atoms with Crippen LogP contribution >= 0.6 is 0 Å². The molecule has 3 fully saturated rings. The van der Waals surface area contributed by atoms with E-state index in [9.17, 15) is 27.6 Å². The molecule has 16 nitrogen and oxygen atoms in total. The van der Waals surface area contributed by atoms with Crippen LogP contribution in [0.1, 0.15) is 94.6 Å². The van der Waals surface area contributed by atoms with Crippen molar-refractivity contribution in [3.8, 4) is 17.4 Å². The topological polar surface area (TPSA) is 211 Å². The second-order valence-corrected chi connectivity index (χ2v) is 18.3. The van der Waals surface area contributed by atoms with Crippen molar-refractivity contribution in [2.75, 3.05) is 13.7 Å². The number of ether oxygens (including phenoxy) is 3. The average molecular weight is 806 g/mol. The van der Waals surface area contributed by atoms with E-state index in [-0.39, 0.29) is 31.2 Å². The Hall–Kier alpha value is -5.19. The number of aryl methyl sites for hydroxylation is 1. The minimum absolute atomic E-state index is 0.0259. The number of methoxy groups -OCH3 is 1. The molecule has 0 radical (unpaired) electrons. The fraction of sp³-hybridized carbons (Fsp3) is 0.550. The molecule has 5 atom stereocenters. The van der Waals surface area contributed by atoms with Crippen molar-refractivity contribution in [3.63, 3.8) is 0 Å². The molecule has 4 N–H and O–H groups in total. The molecule has 1 aromatic carbocycles. The Balaban J connectivity index is 1.23. The first-order chi connectivity index (χ1) is 27.1. The van der Waals surface area contributed by atoms with Crippen LogP contribution in [0.5, 0.6) is 17.4 Å². The first kappa shape index (κ1) is 40.0. The van der Waals surface area contributed by atoms with Crippen LogP contribution in [0.3, 0.4) is 0 Å². The average Bonchev–Trinajstić information content (AvgIpc) is 3.91. The molecule has 7 rings (SSSR count). The third kappa shape index (κ3) is 8.16. The number of sulfonamides is 1. The van der Waals surface area contributed by atoms with E-state index >= 15 is 0 Å². The van der Waals surface area contributed by atoms with Gasteiger partial charge in [0.25, 0.3) is 11.8 Å². The SMILES string of the molecule is COc1ccc2c(O[C@@H]3C[C@H]4C(=O)N[C@]5(C(=O)NS(=O)(=O)C6(C)CC6)CC5/C=C\CCCCC[C@H](NC(=O)c5ccn[nH]5)C(=O)N4C3)cc(OC(C)C)nc2c1C. The smallest absolute Gasteiger partial charge is 0.269 e. The highest BCUT2D eigenvalue weighted by molar-refractivity contribution is 7.91. The maximum absolute atomic E-state index is 14.7. The number of carbonyl (C=O) groups is 4. The Bertz CT molecular complexity index is 2190. The second kappa shape index (κ2) is 15.6. The molecule has 306 valence electrons. The molecule has 2 aliphatic carbocycles. The highest BCUT2D eigenvalue weighted by Gasteiger charge is 2.63. The fourth-order valence-electron chi connectivity index (χ4n) is 7.72. The largest absolute Gasteiger partial charge is 0.496 e. The van der Waals surface area contributed by atoms with Gasteiger partial charge in [-0.15, -0.1) is 0 Å². The van der Waals surface area contributed by atoms with Gasteiger partial charge >= 0.3 is 0 Å². The first-order valence-electron chi connectivity index (χ1n) is 19.6. The van der Waals surface area contributed by atoms with Gasteiger partial charge in [0.2, 0.25) is 27.7 Å². The van der Waals surface area contributed by atoms with Gasteiger partial charge in [-0.3, -0.25) is 29.0 Å². The van der Waals surface area contributed by atoms with Crippen molar-refractivity contribution in [3.05, 3.63) is 53.9 Å². The van der Waals surface area contributed by atoms with Crippen LogP contribution < -0.4 is 29.6 Å². The minimum Gasteiger partial charge on any atom is -0.496 e. The number of hydrogen-bond donors (Lipinski definition) is 4. The van der Waals surface area contributed by atoms with Gasteiger partial charge in [0.05, 0.1) is 30.0 Å². The van der Waals surface area contributed by atoms with Crippen LogP contribution in [0, 0.1) is 12.8 Å². The number of pyridine rings is 1. The summed E-state index contributed by atoms with van der Waals surface area (Å²) in [5.41, 5.74) is 0.0170. The monoisotopic (exact) mass is 805 g/mol. The third-order valence-corrected chi connectivity index (χ3v) is 13.7. The Morgan fingerprint density at radius 2 is 1.88 bits per heavy atom. The van der Waals surface area contributed by atoms with Gasteiger partial charge in [-0.2, -0.15) is 5.10 Å². The normalized spacial score (nSPS) is 26.6. The molecule has 1 saturated heterocycles. The molecule has 2 saturated carbocycles. The van der Waals surface area contributed by atoms with Crippen molar-refractivity contribution in [2.24, 2.45) is 5.92 Å². The summed E-state index contributed by atoms with van der Waals surface area (Å²) in [6, 6.07) is 4.70. The fourth-order valence-corrected chi connectivity index (χ4v) is 9.03. The lowest BCUT2D eigenvalue weighted by Crippen LogP contribution is -2.58. The van der Waals surface area contributed by atoms with Gasteiger partial charge in [0.15, 0.2) is 0 Å². The summed E-state index contributed by atoms with van der Waals surface area (Å²) >= 11 is 0. The van der Waals surface area contributed by atoms with E-state index in [1.54, 1.807) is 20.1 Å². The molecule has 2 aromatic heterocycles. The lowest BCUT2D eigenvalue weighted by atomic mass is 10.0. The van der Waals surface area contributed by atoms with Crippen molar-refractivity contribution in [1.82, 2.24) is 35.4 Å². The highest BCUT2D eigenvalue weighted by atomic mass is 32.2. The van der Waals surface area contributed by atoms with Crippen LogP contribution in [0.4, 0.5) is 0 Å². The lowest BCUT2D eigenvalue weighted by molar-refractivity contribution is -0.141. The number of aromatic amines is 1. The number of fused-ring (bicyclic) bond motifs is 3. The van der Waals surface area contributed by atoms with Gasteiger partial charge in [0, 0.05) is 35.6 Å². The van der Waals surface area contributed by atoms with Gasteiger partial charge in [0.1, 0.15) is 40.9 Å². The molecule has 57 heavy (non-hydrogen) atoms. The van der Waals surface area contributed by atoms with Crippen LogP contribution in [0.15, 0.2) is 42.6 Å². The number of hydrogen-bond acceptors (Lipinski definition) is 11. The molecule has 4 heterocycles. The molecule has 1 unspecified atom stereocenters. The second-order valence-electron chi connectivity index (χ2n) is 16.1. The molecular formula is C40H51N7O9S. The van der Waals surface area contributed by atoms with E-state index in [2.05, 4.69) is 25.6 Å². The van der Waals surface area contributed by atoms with E-state index in [4.69, 9.17) is 19.2 Å². The van der Waals surface area contributed by atoms with Crippen molar-refractivity contribution in [2.45, 2.75) is 120 Å². The predicted molar refractivity (Wildman–Crippen MR) is 209 cm³/mol. The maximum Gasteiger partial charge on any atom is 0.269 e. The predicted octanol–water partition coefficient (Wildman–Crippen LogP) is 3.60. The van der Waals surface area contributed by atoms with Gasteiger partial charge < -0.3 is 29.7 Å². The van der Waals surface area contributed by atoms with Crippen LogP contribution in [-0.2, 0) is 24.4 Å². The number of benzene rings is 1. The van der Waals surface area contributed by atoms with Gasteiger partial charge in [-0.1, -0.05) is 25.0 Å². The van der Waals surface area contributed by atoms with Crippen LogP contribution in [0.25, 0.3) is 10.9 Å². The van der Waals surface area contributed by atoms with E-state index in [1.807, 2.05) is 45.1 Å². The van der Waals surface area contributed by atoms with E-state index < -0.39 is 68.0 Å². The molecule has 4 aliphatic rings. The number of H-pyrrole nitrogens is 1. The number of nitrogens with zero attached hydrogens (tertiary/aromatic N) is 3. The van der Waals surface area contributed by atoms with Crippen LogP contribution in [-0.4, -0.2) is 100 Å². The highest BCUT2D eigenvalue weighted by Crippen LogP contribution is 2.47. The maximum atomic E-state index is 14.7. The zero-order chi connectivity index (χ0) is 40.7. The molecule has 3 aromatic rings. The summed E-state index contributed by atoms with van der Waals surface area (Å²) in [6.07, 6.45) is 8.60. The molecule has 4 amide bonds. The Morgan fingerprint density at radius 3 is 2.58 bits per heavy atom. The number of nitrogens with one attached hydrogen (secondary N) is 4. The summed E-state index contributed by atoms with van der Waals surface area (Å²) < 4.78 is 45.8. The van der Waals surface area contributed by atoms with Gasteiger partial charge in [-0.05, 0) is 84.4 Å². The Kier molecular flexibility index (Phi) is 11.0. The summed E-state index contributed by atoms with van der Waals surface area (Å²) in [7, 11) is -2.43. The first-order valence-corrected chi connectivity index (χ1v) is 21.1.